The summed E-state index contributed by atoms with van der Waals surface area (Å²) in [6.45, 7) is 5.64. The normalized spacial score (nSPS) is 14.9. The lowest BCUT2D eigenvalue weighted by Crippen LogP contribution is -2.18. The van der Waals surface area contributed by atoms with Crippen LogP contribution in [0.15, 0.2) is 17.5 Å². The van der Waals surface area contributed by atoms with Gasteiger partial charge < -0.3 is 10.1 Å². The summed E-state index contributed by atoms with van der Waals surface area (Å²) in [4.78, 5) is 4.51. The topological polar surface area (TPSA) is 34.1 Å². The molecule has 0 saturated carbocycles. The van der Waals surface area contributed by atoms with Crippen molar-refractivity contribution in [1.29, 1.82) is 0 Å². The van der Waals surface area contributed by atoms with E-state index >= 15 is 0 Å². The average Bonchev–Trinajstić information content (AvgIpc) is 3.03. The molecule has 2 aromatic rings. The molecule has 0 spiro atoms. The molecule has 5 heteroatoms. The molecule has 106 valence electrons. The van der Waals surface area contributed by atoms with E-state index in [1.165, 1.54) is 5.56 Å². The summed E-state index contributed by atoms with van der Waals surface area (Å²) >= 11 is 7.86. The van der Waals surface area contributed by atoms with Crippen LogP contribution in [-0.2, 0) is 13.0 Å². The summed E-state index contributed by atoms with van der Waals surface area (Å²) in [5.74, 6) is 1.00. The maximum absolute atomic E-state index is 6.17. The number of aromatic nitrogens is 1. The fourth-order valence-corrected chi connectivity index (χ4v) is 3.49. The van der Waals surface area contributed by atoms with Gasteiger partial charge in [-0.05, 0) is 31.5 Å². The molecule has 2 heterocycles. The number of thiazole rings is 1. The van der Waals surface area contributed by atoms with Gasteiger partial charge >= 0.3 is 0 Å². The Balaban J connectivity index is 1.73. The van der Waals surface area contributed by atoms with Crippen LogP contribution >= 0.6 is 22.9 Å². The van der Waals surface area contributed by atoms with Crippen LogP contribution in [0.4, 0.5) is 0 Å². The van der Waals surface area contributed by atoms with Crippen molar-refractivity contribution in [3.8, 4) is 5.75 Å². The Kier molecular flexibility index (Phi) is 3.96. The summed E-state index contributed by atoms with van der Waals surface area (Å²) in [6, 6.07) is 4.21. The Hall–Kier alpha value is -1.10. The summed E-state index contributed by atoms with van der Waals surface area (Å²) in [5, 5.41) is 7.47. The molecule has 0 radical (unpaired) electrons. The number of aryl methyl sites for hydroxylation is 1. The minimum absolute atomic E-state index is 0.227. The van der Waals surface area contributed by atoms with Crippen LogP contribution in [0.1, 0.15) is 34.8 Å². The van der Waals surface area contributed by atoms with Crippen LogP contribution in [0.3, 0.4) is 0 Å². The highest BCUT2D eigenvalue weighted by Gasteiger charge is 2.18. The lowest BCUT2D eigenvalue weighted by Gasteiger charge is -2.14. The van der Waals surface area contributed by atoms with Gasteiger partial charge in [0, 0.05) is 34.6 Å². The smallest absolute Gasteiger partial charge is 0.127 e. The third kappa shape index (κ3) is 2.82. The van der Waals surface area contributed by atoms with E-state index in [-0.39, 0.29) is 6.04 Å². The summed E-state index contributed by atoms with van der Waals surface area (Å²) < 4.78 is 5.72. The second-order valence-corrected chi connectivity index (χ2v) is 6.41. The first kappa shape index (κ1) is 13.9. The number of halogens is 1. The fraction of sp³-hybridized carbons (Fsp3) is 0.400. The van der Waals surface area contributed by atoms with Crippen molar-refractivity contribution in [1.82, 2.24) is 10.3 Å². The van der Waals surface area contributed by atoms with E-state index in [0.29, 0.717) is 0 Å². The van der Waals surface area contributed by atoms with E-state index in [2.05, 4.69) is 22.6 Å². The number of hydrogen-bond donors (Lipinski definition) is 1. The van der Waals surface area contributed by atoms with Gasteiger partial charge in [0.15, 0.2) is 0 Å². The molecule has 1 atom stereocenters. The molecular weight excluding hydrogens is 292 g/mol. The lowest BCUT2D eigenvalue weighted by molar-refractivity contribution is 0.351. The molecule has 0 bridgehead atoms. The van der Waals surface area contributed by atoms with Gasteiger partial charge in [0.1, 0.15) is 10.8 Å². The number of rotatable bonds is 4. The number of fused-ring (bicyclic) bond motifs is 1. The van der Waals surface area contributed by atoms with E-state index in [1.807, 2.05) is 19.1 Å². The van der Waals surface area contributed by atoms with Crippen molar-refractivity contribution < 1.29 is 4.74 Å². The third-order valence-electron chi connectivity index (χ3n) is 3.43. The Bertz CT molecular complexity index is 626. The van der Waals surface area contributed by atoms with Crippen molar-refractivity contribution in [3.05, 3.63) is 44.4 Å². The third-order valence-corrected chi connectivity index (χ3v) is 4.79. The fourth-order valence-electron chi connectivity index (χ4n) is 2.40. The van der Waals surface area contributed by atoms with Crippen LogP contribution in [-0.4, -0.2) is 11.6 Å². The van der Waals surface area contributed by atoms with Crippen molar-refractivity contribution in [2.45, 2.75) is 32.9 Å². The molecule has 0 fully saturated rings. The van der Waals surface area contributed by atoms with Crippen LogP contribution < -0.4 is 10.1 Å². The van der Waals surface area contributed by atoms with Crippen LogP contribution in [0.2, 0.25) is 5.02 Å². The first-order valence-corrected chi connectivity index (χ1v) is 7.99. The Morgan fingerprint density at radius 3 is 3.10 bits per heavy atom. The molecular formula is C15H17ClN2OS. The molecule has 1 aliphatic heterocycles. The molecule has 0 aliphatic carbocycles. The summed E-state index contributed by atoms with van der Waals surface area (Å²) in [6.07, 6.45) is 0.949. The highest BCUT2D eigenvalue weighted by atomic mass is 35.5. The molecule has 1 aliphatic rings. The minimum Gasteiger partial charge on any atom is -0.493 e. The van der Waals surface area contributed by atoms with E-state index in [1.54, 1.807) is 11.3 Å². The van der Waals surface area contributed by atoms with E-state index in [0.717, 1.165) is 46.6 Å². The quantitative estimate of drug-likeness (QED) is 0.930. The van der Waals surface area contributed by atoms with Gasteiger partial charge in [-0.3, -0.25) is 0 Å². The van der Waals surface area contributed by atoms with Gasteiger partial charge in [-0.1, -0.05) is 11.6 Å². The maximum atomic E-state index is 6.17. The second-order valence-electron chi connectivity index (χ2n) is 5.08. The minimum atomic E-state index is 0.227. The second kappa shape index (κ2) is 5.72. The van der Waals surface area contributed by atoms with Crippen LogP contribution in [0.25, 0.3) is 0 Å². The molecule has 1 aromatic heterocycles. The van der Waals surface area contributed by atoms with Gasteiger partial charge in [0.05, 0.1) is 12.6 Å². The van der Waals surface area contributed by atoms with Gasteiger partial charge in [-0.2, -0.15) is 0 Å². The molecule has 1 aromatic carbocycles. The molecule has 1 N–H and O–H groups in total. The van der Waals surface area contributed by atoms with Crippen LogP contribution in [0.5, 0.6) is 5.75 Å². The highest BCUT2D eigenvalue weighted by molar-refractivity contribution is 7.09. The Morgan fingerprint density at radius 1 is 1.50 bits per heavy atom. The molecule has 0 saturated heterocycles. The number of ether oxygens (including phenoxy) is 1. The highest BCUT2D eigenvalue weighted by Crippen LogP contribution is 2.33. The SMILES string of the molecule is Cc1csc(C(C)NCc2cc(Cl)cc3c2OCC3)n1. The van der Waals surface area contributed by atoms with Gasteiger partial charge in [0.2, 0.25) is 0 Å². The van der Waals surface area contributed by atoms with Crippen molar-refractivity contribution in [2.24, 2.45) is 0 Å². The van der Waals surface area contributed by atoms with E-state index in [4.69, 9.17) is 16.3 Å². The molecule has 20 heavy (non-hydrogen) atoms. The number of nitrogens with one attached hydrogen (secondary N) is 1. The molecule has 0 amide bonds. The van der Waals surface area contributed by atoms with E-state index in [9.17, 15) is 0 Å². The Morgan fingerprint density at radius 2 is 2.35 bits per heavy atom. The predicted molar refractivity (Wildman–Crippen MR) is 82.8 cm³/mol. The van der Waals surface area contributed by atoms with Gasteiger partial charge in [0.25, 0.3) is 0 Å². The first-order chi connectivity index (χ1) is 9.63. The monoisotopic (exact) mass is 308 g/mol. The van der Waals surface area contributed by atoms with Gasteiger partial charge in [-0.15, -0.1) is 11.3 Å². The summed E-state index contributed by atoms with van der Waals surface area (Å²) in [5.41, 5.74) is 3.42. The van der Waals surface area contributed by atoms with Crippen molar-refractivity contribution in [3.63, 3.8) is 0 Å². The predicted octanol–water partition coefficient (Wildman–Crippen LogP) is 3.89. The largest absolute Gasteiger partial charge is 0.493 e. The maximum Gasteiger partial charge on any atom is 0.127 e. The standard InChI is InChI=1S/C15H17ClN2OS/c1-9-8-20-15(18-9)10(2)17-7-12-6-13(16)5-11-3-4-19-14(11)12/h5-6,8,10,17H,3-4,7H2,1-2H3. The first-order valence-electron chi connectivity index (χ1n) is 6.73. The number of hydrogen-bond acceptors (Lipinski definition) is 4. The zero-order valence-corrected chi connectivity index (χ0v) is 13.1. The lowest BCUT2D eigenvalue weighted by atomic mass is 10.1. The number of nitrogens with zero attached hydrogens (tertiary/aromatic N) is 1. The molecule has 3 rings (SSSR count). The number of benzene rings is 1. The zero-order chi connectivity index (χ0) is 14.1. The molecule has 3 nitrogen and oxygen atoms in total. The average molecular weight is 309 g/mol. The Labute approximate surface area is 127 Å². The van der Waals surface area contributed by atoms with Crippen molar-refractivity contribution >= 4 is 22.9 Å². The van der Waals surface area contributed by atoms with Gasteiger partial charge in [-0.25, -0.2) is 4.98 Å². The van der Waals surface area contributed by atoms with Crippen LogP contribution in [0, 0.1) is 6.92 Å². The van der Waals surface area contributed by atoms with Crippen molar-refractivity contribution in [2.75, 3.05) is 6.61 Å². The summed E-state index contributed by atoms with van der Waals surface area (Å²) in [7, 11) is 0. The van der Waals surface area contributed by atoms with E-state index < -0.39 is 0 Å². The molecule has 1 unspecified atom stereocenters. The zero-order valence-electron chi connectivity index (χ0n) is 11.6.